The summed E-state index contributed by atoms with van der Waals surface area (Å²) in [5, 5.41) is 14.2. The van der Waals surface area contributed by atoms with Gasteiger partial charge in [0.2, 0.25) is 0 Å². The van der Waals surface area contributed by atoms with Crippen molar-refractivity contribution in [1.82, 2.24) is 5.01 Å². The SMILES string of the molecule is COc1cccc(C(=O)N2N=C(c3ccccc3)C[C@@]2(O)C(F)(F)F)c1. The number of carbonyl (C=O) groups is 1. The average Bonchev–Trinajstić information content (AvgIpc) is 3.01. The number of hydrazone groups is 1. The molecule has 0 fully saturated rings. The Morgan fingerprint density at radius 1 is 1.19 bits per heavy atom. The van der Waals surface area contributed by atoms with E-state index in [2.05, 4.69) is 5.10 Å². The number of amides is 1. The van der Waals surface area contributed by atoms with E-state index in [9.17, 15) is 23.1 Å². The second-order valence-corrected chi connectivity index (χ2v) is 5.75. The zero-order chi connectivity index (χ0) is 18.9. The number of nitrogens with zero attached hydrogens (tertiary/aromatic N) is 2. The first-order chi connectivity index (χ1) is 12.3. The molecule has 26 heavy (non-hydrogen) atoms. The molecule has 136 valence electrons. The number of methoxy groups -OCH3 is 1. The minimum absolute atomic E-state index is 0.0262. The predicted octanol–water partition coefficient (Wildman–Crippen LogP) is 3.20. The summed E-state index contributed by atoms with van der Waals surface area (Å²) >= 11 is 0. The lowest BCUT2D eigenvalue weighted by molar-refractivity contribution is -0.297. The third-order valence-electron chi connectivity index (χ3n) is 4.06. The van der Waals surface area contributed by atoms with E-state index in [1.54, 1.807) is 36.4 Å². The van der Waals surface area contributed by atoms with Crippen LogP contribution in [0.5, 0.6) is 5.75 Å². The molecule has 0 saturated carbocycles. The number of ether oxygens (including phenoxy) is 1. The Labute approximate surface area is 147 Å². The van der Waals surface area contributed by atoms with Gasteiger partial charge >= 0.3 is 6.18 Å². The van der Waals surface area contributed by atoms with Gasteiger partial charge in [0.25, 0.3) is 11.6 Å². The van der Waals surface area contributed by atoms with Crippen LogP contribution in [0.15, 0.2) is 59.7 Å². The molecule has 5 nitrogen and oxygen atoms in total. The van der Waals surface area contributed by atoms with E-state index in [0.717, 1.165) is 0 Å². The number of rotatable bonds is 3. The van der Waals surface area contributed by atoms with Crippen LogP contribution in [0, 0.1) is 0 Å². The summed E-state index contributed by atoms with van der Waals surface area (Å²) in [5.74, 6) is -0.771. The first-order valence-corrected chi connectivity index (χ1v) is 7.67. The van der Waals surface area contributed by atoms with Crippen molar-refractivity contribution in [2.75, 3.05) is 7.11 Å². The van der Waals surface area contributed by atoms with Gasteiger partial charge < -0.3 is 9.84 Å². The van der Waals surface area contributed by atoms with Crippen LogP contribution in [-0.4, -0.2) is 40.7 Å². The molecule has 1 aliphatic heterocycles. The van der Waals surface area contributed by atoms with Gasteiger partial charge in [0.1, 0.15) is 5.75 Å². The van der Waals surface area contributed by atoms with Crippen LogP contribution in [-0.2, 0) is 0 Å². The minimum atomic E-state index is -5.08. The van der Waals surface area contributed by atoms with Gasteiger partial charge in [0.15, 0.2) is 0 Å². The third-order valence-corrected chi connectivity index (χ3v) is 4.06. The molecular formula is C18H15F3N2O3. The Morgan fingerprint density at radius 2 is 1.88 bits per heavy atom. The van der Waals surface area contributed by atoms with Crippen molar-refractivity contribution in [2.24, 2.45) is 5.10 Å². The Hall–Kier alpha value is -2.87. The van der Waals surface area contributed by atoms with Crippen LogP contribution < -0.4 is 4.74 Å². The highest BCUT2D eigenvalue weighted by Crippen LogP contribution is 2.42. The molecule has 2 aromatic rings. The van der Waals surface area contributed by atoms with Crippen molar-refractivity contribution >= 4 is 11.6 Å². The minimum Gasteiger partial charge on any atom is -0.497 e. The number of benzene rings is 2. The molecule has 1 amide bonds. The Kier molecular flexibility index (Phi) is 4.45. The zero-order valence-electron chi connectivity index (χ0n) is 13.7. The maximum Gasteiger partial charge on any atom is 0.438 e. The van der Waals surface area contributed by atoms with E-state index in [1.165, 1.54) is 25.3 Å². The van der Waals surface area contributed by atoms with Crippen LogP contribution in [0.2, 0.25) is 0 Å². The molecule has 0 aliphatic carbocycles. The standard InChI is InChI=1S/C18H15F3N2O3/c1-26-14-9-5-8-13(10-14)16(24)23-17(25,18(19,20)21)11-15(22-23)12-6-3-2-4-7-12/h2-10,25H,11H2,1H3/t17-/m1/s1. The van der Waals surface area contributed by atoms with E-state index in [4.69, 9.17) is 4.74 Å². The van der Waals surface area contributed by atoms with Crippen molar-refractivity contribution in [1.29, 1.82) is 0 Å². The summed E-state index contributed by atoms with van der Waals surface area (Å²) in [5.41, 5.74) is -3.12. The molecule has 1 atom stereocenters. The van der Waals surface area contributed by atoms with Gasteiger partial charge in [-0.25, -0.2) is 0 Å². The molecule has 3 rings (SSSR count). The molecule has 0 radical (unpaired) electrons. The van der Waals surface area contributed by atoms with Crippen LogP contribution >= 0.6 is 0 Å². The van der Waals surface area contributed by atoms with Gasteiger partial charge in [-0.15, -0.1) is 0 Å². The fraction of sp³-hybridized carbons (Fsp3) is 0.222. The van der Waals surface area contributed by atoms with Crippen molar-refractivity contribution in [3.63, 3.8) is 0 Å². The molecule has 2 aromatic carbocycles. The van der Waals surface area contributed by atoms with Gasteiger partial charge in [0, 0.05) is 5.56 Å². The maximum absolute atomic E-state index is 13.6. The number of hydrogen-bond donors (Lipinski definition) is 1. The smallest absolute Gasteiger partial charge is 0.438 e. The molecular weight excluding hydrogens is 349 g/mol. The molecule has 1 aliphatic rings. The van der Waals surface area contributed by atoms with E-state index in [0.29, 0.717) is 11.3 Å². The summed E-state index contributed by atoms with van der Waals surface area (Å²) in [6.45, 7) is 0. The Morgan fingerprint density at radius 3 is 2.50 bits per heavy atom. The summed E-state index contributed by atoms with van der Waals surface area (Å²) in [6.07, 6.45) is -5.93. The number of halogens is 3. The third kappa shape index (κ3) is 3.03. The molecule has 0 bridgehead atoms. The number of aliphatic hydroxyl groups is 1. The van der Waals surface area contributed by atoms with E-state index >= 15 is 0 Å². The highest BCUT2D eigenvalue weighted by Gasteiger charge is 2.63. The zero-order valence-corrected chi connectivity index (χ0v) is 13.7. The van der Waals surface area contributed by atoms with E-state index in [-0.39, 0.29) is 16.3 Å². The highest BCUT2D eigenvalue weighted by atomic mass is 19.4. The second kappa shape index (κ2) is 6.45. The number of carbonyl (C=O) groups excluding carboxylic acids is 1. The molecule has 0 saturated heterocycles. The summed E-state index contributed by atoms with van der Waals surface area (Å²) < 4.78 is 45.7. The molecule has 0 aromatic heterocycles. The van der Waals surface area contributed by atoms with Gasteiger partial charge in [-0.3, -0.25) is 4.79 Å². The molecule has 0 spiro atoms. The van der Waals surface area contributed by atoms with Gasteiger partial charge in [-0.2, -0.15) is 23.3 Å². The monoisotopic (exact) mass is 364 g/mol. The van der Waals surface area contributed by atoms with Gasteiger partial charge in [0.05, 0.1) is 19.2 Å². The molecule has 1 N–H and O–H groups in total. The summed E-state index contributed by atoms with van der Waals surface area (Å²) in [7, 11) is 1.37. The number of hydrogen-bond acceptors (Lipinski definition) is 4. The van der Waals surface area contributed by atoms with Crippen LogP contribution in [0.4, 0.5) is 13.2 Å². The molecule has 0 unspecified atom stereocenters. The summed E-state index contributed by atoms with van der Waals surface area (Å²) in [6, 6.07) is 13.7. The maximum atomic E-state index is 13.6. The molecule has 1 heterocycles. The lowest BCUT2D eigenvalue weighted by Crippen LogP contribution is -2.56. The average molecular weight is 364 g/mol. The fourth-order valence-corrected chi connectivity index (χ4v) is 2.65. The number of alkyl halides is 3. The Bertz CT molecular complexity index is 852. The lowest BCUT2D eigenvalue weighted by Gasteiger charge is -2.32. The first kappa shape index (κ1) is 17.9. The normalized spacial score (nSPS) is 20.0. The van der Waals surface area contributed by atoms with Crippen LogP contribution in [0.1, 0.15) is 22.3 Å². The molecule has 8 heteroatoms. The Balaban J connectivity index is 2.04. The van der Waals surface area contributed by atoms with Crippen molar-refractivity contribution in [3.05, 3.63) is 65.7 Å². The topological polar surface area (TPSA) is 62.1 Å². The summed E-state index contributed by atoms with van der Waals surface area (Å²) in [4.78, 5) is 12.7. The van der Waals surface area contributed by atoms with E-state index in [1.807, 2.05) is 0 Å². The first-order valence-electron chi connectivity index (χ1n) is 7.67. The van der Waals surface area contributed by atoms with Gasteiger partial charge in [-0.1, -0.05) is 36.4 Å². The van der Waals surface area contributed by atoms with Gasteiger partial charge in [-0.05, 0) is 23.8 Å². The largest absolute Gasteiger partial charge is 0.497 e. The van der Waals surface area contributed by atoms with Crippen molar-refractivity contribution in [3.8, 4) is 5.75 Å². The van der Waals surface area contributed by atoms with E-state index < -0.39 is 24.2 Å². The fourth-order valence-electron chi connectivity index (χ4n) is 2.65. The quantitative estimate of drug-likeness (QED) is 0.910. The predicted molar refractivity (Wildman–Crippen MR) is 87.8 cm³/mol. The van der Waals surface area contributed by atoms with Crippen molar-refractivity contribution in [2.45, 2.75) is 18.3 Å². The van der Waals surface area contributed by atoms with Crippen LogP contribution in [0.3, 0.4) is 0 Å². The van der Waals surface area contributed by atoms with Crippen LogP contribution in [0.25, 0.3) is 0 Å². The second-order valence-electron chi connectivity index (χ2n) is 5.75. The van der Waals surface area contributed by atoms with Crippen molar-refractivity contribution < 1.29 is 27.8 Å². The highest BCUT2D eigenvalue weighted by molar-refractivity contribution is 6.05. The lowest BCUT2D eigenvalue weighted by atomic mass is 10.0.